The number of hydrogen-bond donors (Lipinski definition) is 1. The number of phenolic OH excluding ortho intramolecular Hbond substituents is 1. The lowest BCUT2D eigenvalue weighted by molar-refractivity contribution is 0.00311. The summed E-state index contributed by atoms with van der Waals surface area (Å²) in [5.74, 6) is 0.0485. The highest BCUT2D eigenvalue weighted by Gasteiger charge is 2.45. The van der Waals surface area contributed by atoms with Crippen LogP contribution in [0.1, 0.15) is 52.5 Å². The van der Waals surface area contributed by atoms with Gasteiger partial charge in [-0.15, -0.1) is 10.2 Å². The smallest absolute Gasteiger partial charge is 0.410 e. The van der Waals surface area contributed by atoms with Gasteiger partial charge in [-0.1, -0.05) is 6.07 Å². The SMILES string of the molecule is Cn1cc(-c2ccc(-c3cc4c(=O)ccn(C5C[C@H]6CC[C@@H](C5)N6C(=O)OC(C)(C)C)c4nn3)c(O)c2)cn1. The van der Waals surface area contributed by atoms with Crippen molar-refractivity contribution in [3.05, 3.63) is 59.1 Å². The highest BCUT2D eigenvalue weighted by molar-refractivity contribution is 5.82. The third-order valence-electron chi connectivity index (χ3n) is 7.69. The molecule has 10 nitrogen and oxygen atoms in total. The fourth-order valence-electron chi connectivity index (χ4n) is 5.98. The van der Waals surface area contributed by atoms with Crippen LogP contribution in [0.25, 0.3) is 33.4 Å². The molecule has 0 saturated carbocycles. The van der Waals surface area contributed by atoms with E-state index < -0.39 is 5.60 Å². The first-order valence-electron chi connectivity index (χ1n) is 13.3. The van der Waals surface area contributed by atoms with Gasteiger partial charge in [0, 0.05) is 54.8 Å². The number of aryl methyl sites for hydroxylation is 1. The van der Waals surface area contributed by atoms with E-state index in [4.69, 9.17) is 4.74 Å². The number of aromatic hydroxyl groups is 1. The Kier molecular flexibility index (Phi) is 5.93. The zero-order valence-electron chi connectivity index (χ0n) is 22.5. The van der Waals surface area contributed by atoms with Crippen LogP contribution in [0.15, 0.2) is 53.7 Å². The Hall–Kier alpha value is -4.21. The molecule has 2 saturated heterocycles. The third-order valence-corrected chi connectivity index (χ3v) is 7.69. The van der Waals surface area contributed by atoms with Crippen LogP contribution in [0, 0.1) is 0 Å². The molecule has 202 valence electrons. The monoisotopic (exact) mass is 528 g/mol. The van der Waals surface area contributed by atoms with Crippen LogP contribution in [0.3, 0.4) is 0 Å². The molecule has 1 unspecified atom stereocenters. The summed E-state index contributed by atoms with van der Waals surface area (Å²) in [7, 11) is 1.84. The molecule has 0 radical (unpaired) electrons. The summed E-state index contributed by atoms with van der Waals surface area (Å²) in [6, 6.07) is 8.83. The summed E-state index contributed by atoms with van der Waals surface area (Å²) in [4.78, 5) is 27.7. The summed E-state index contributed by atoms with van der Waals surface area (Å²) in [6.45, 7) is 5.65. The number of pyridine rings is 1. The summed E-state index contributed by atoms with van der Waals surface area (Å²) < 4.78 is 9.40. The zero-order chi connectivity index (χ0) is 27.5. The minimum Gasteiger partial charge on any atom is -0.507 e. The van der Waals surface area contributed by atoms with Crippen LogP contribution in [0.2, 0.25) is 0 Å². The Morgan fingerprint density at radius 2 is 1.77 bits per heavy atom. The Balaban J connectivity index is 1.30. The van der Waals surface area contributed by atoms with Crippen molar-refractivity contribution in [2.45, 2.75) is 70.2 Å². The first kappa shape index (κ1) is 25.1. The predicted molar refractivity (Wildman–Crippen MR) is 146 cm³/mol. The summed E-state index contributed by atoms with van der Waals surface area (Å²) in [5.41, 5.74) is 2.45. The number of phenols is 1. The van der Waals surface area contributed by atoms with E-state index in [1.165, 1.54) is 0 Å². The van der Waals surface area contributed by atoms with Crippen molar-refractivity contribution in [2.75, 3.05) is 0 Å². The molecule has 2 aliphatic rings. The number of ether oxygens (including phenoxy) is 1. The number of amides is 1. The van der Waals surface area contributed by atoms with Crippen molar-refractivity contribution in [1.82, 2.24) is 29.4 Å². The molecular weight excluding hydrogens is 496 g/mol. The molecule has 2 fully saturated rings. The van der Waals surface area contributed by atoms with Gasteiger partial charge in [-0.25, -0.2) is 4.79 Å². The number of carbonyl (C=O) groups is 1. The lowest BCUT2D eigenvalue weighted by atomic mass is 9.97. The van der Waals surface area contributed by atoms with Gasteiger partial charge in [0.1, 0.15) is 11.4 Å². The summed E-state index contributed by atoms with van der Waals surface area (Å²) in [5, 5.41) is 24.3. The van der Waals surface area contributed by atoms with E-state index in [1.54, 1.807) is 41.3 Å². The van der Waals surface area contributed by atoms with Crippen LogP contribution in [0.5, 0.6) is 5.75 Å². The quantitative estimate of drug-likeness (QED) is 0.411. The number of aromatic nitrogens is 5. The van der Waals surface area contributed by atoms with Crippen LogP contribution in [0.4, 0.5) is 4.79 Å². The zero-order valence-corrected chi connectivity index (χ0v) is 22.5. The Bertz CT molecular complexity index is 1620. The molecule has 1 aromatic carbocycles. The Morgan fingerprint density at radius 3 is 2.41 bits per heavy atom. The van der Waals surface area contributed by atoms with E-state index in [-0.39, 0.29) is 35.4 Å². The molecule has 4 aromatic rings. The second-order valence-electron chi connectivity index (χ2n) is 11.6. The number of nitrogens with zero attached hydrogens (tertiary/aromatic N) is 6. The van der Waals surface area contributed by atoms with Crippen molar-refractivity contribution in [1.29, 1.82) is 0 Å². The van der Waals surface area contributed by atoms with Crippen molar-refractivity contribution >= 4 is 17.1 Å². The molecule has 5 heterocycles. The second kappa shape index (κ2) is 9.21. The molecule has 3 atom stereocenters. The fraction of sp³-hybridized carbons (Fsp3) is 0.414. The highest BCUT2D eigenvalue weighted by Crippen LogP contribution is 2.42. The lowest BCUT2D eigenvalue weighted by Gasteiger charge is -2.40. The number of piperidine rings is 1. The number of rotatable bonds is 3. The molecule has 0 spiro atoms. The van der Waals surface area contributed by atoms with Gasteiger partial charge in [-0.05, 0) is 70.2 Å². The van der Waals surface area contributed by atoms with E-state index >= 15 is 0 Å². The Labute approximate surface area is 225 Å². The molecule has 2 aliphatic heterocycles. The van der Waals surface area contributed by atoms with Crippen LogP contribution >= 0.6 is 0 Å². The third kappa shape index (κ3) is 4.64. The van der Waals surface area contributed by atoms with E-state index in [2.05, 4.69) is 15.3 Å². The van der Waals surface area contributed by atoms with E-state index in [0.29, 0.717) is 22.3 Å². The van der Waals surface area contributed by atoms with Gasteiger partial charge in [0.25, 0.3) is 0 Å². The maximum Gasteiger partial charge on any atom is 0.410 e. The van der Waals surface area contributed by atoms with Gasteiger partial charge in [0.15, 0.2) is 11.1 Å². The van der Waals surface area contributed by atoms with Crippen LogP contribution < -0.4 is 5.43 Å². The molecule has 3 aromatic heterocycles. The molecule has 1 amide bonds. The highest BCUT2D eigenvalue weighted by atomic mass is 16.6. The van der Waals surface area contributed by atoms with Gasteiger partial charge in [0.2, 0.25) is 0 Å². The van der Waals surface area contributed by atoms with E-state index in [0.717, 1.165) is 36.8 Å². The normalized spacial score (nSPS) is 20.9. The van der Waals surface area contributed by atoms with Gasteiger partial charge in [-0.3, -0.25) is 9.48 Å². The van der Waals surface area contributed by atoms with Crippen molar-refractivity contribution in [2.24, 2.45) is 7.05 Å². The lowest BCUT2D eigenvalue weighted by Crippen LogP contribution is -2.48. The van der Waals surface area contributed by atoms with Crippen LogP contribution in [-0.4, -0.2) is 58.3 Å². The minimum atomic E-state index is -0.539. The number of carbonyl (C=O) groups excluding carboxylic acids is 1. The maximum absolute atomic E-state index is 12.9. The fourth-order valence-corrected chi connectivity index (χ4v) is 5.98. The van der Waals surface area contributed by atoms with Gasteiger partial charge in [0.05, 0.1) is 17.3 Å². The van der Waals surface area contributed by atoms with Crippen LogP contribution in [-0.2, 0) is 11.8 Å². The average Bonchev–Trinajstić information content (AvgIpc) is 3.43. The number of fused-ring (bicyclic) bond motifs is 3. The molecule has 1 N–H and O–H groups in total. The minimum absolute atomic E-state index is 0.0485. The van der Waals surface area contributed by atoms with Gasteiger partial charge >= 0.3 is 6.09 Å². The summed E-state index contributed by atoms with van der Waals surface area (Å²) >= 11 is 0. The molecule has 2 bridgehead atoms. The maximum atomic E-state index is 12.9. The van der Waals surface area contributed by atoms with E-state index in [1.807, 2.05) is 49.5 Å². The van der Waals surface area contributed by atoms with Crippen molar-refractivity contribution in [3.63, 3.8) is 0 Å². The molecular formula is C29H32N6O4. The van der Waals surface area contributed by atoms with Gasteiger partial charge < -0.3 is 19.3 Å². The molecule has 39 heavy (non-hydrogen) atoms. The standard InChI is InChI=1S/C29H32N6O4/c1-29(2,3)39-28(38)35-19-6-7-20(35)13-21(12-19)34-10-9-25(36)23-14-24(31-32-27(23)34)22-8-5-17(11-26(22)37)18-15-30-33(4)16-18/h5,8-11,14-16,19-21,37H,6-7,12-13H2,1-4H3/t19-,20+,21?. The topological polar surface area (TPSA) is 115 Å². The largest absolute Gasteiger partial charge is 0.507 e. The Morgan fingerprint density at radius 1 is 1.03 bits per heavy atom. The number of benzene rings is 1. The van der Waals surface area contributed by atoms with E-state index in [9.17, 15) is 14.7 Å². The molecule has 6 rings (SSSR count). The van der Waals surface area contributed by atoms with Gasteiger partial charge in [-0.2, -0.15) is 5.10 Å². The van der Waals surface area contributed by atoms with Crippen molar-refractivity contribution in [3.8, 4) is 28.1 Å². The molecule has 0 aliphatic carbocycles. The predicted octanol–water partition coefficient (Wildman–Crippen LogP) is 4.67. The first-order valence-corrected chi connectivity index (χ1v) is 13.3. The average molecular weight is 529 g/mol. The molecule has 10 heteroatoms. The number of hydrogen-bond acceptors (Lipinski definition) is 7. The summed E-state index contributed by atoms with van der Waals surface area (Å²) in [6.07, 6.45) is 8.52. The van der Waals surface area contributed by atoms with Crippen molar-refractivity contribution < 1.29 is 14.6 Å². The second-order valence-corrected chi connectivity index (χ2v) is 11.6. The first-order chi connectivity index (χ1) is 18.6.